The van der Waals surface area contributed by atoms with E-state index in [0.717, 1.165) is 0 Å². The minimum Gasteiger partial charge on any atom is -0.465 e. The average molecular weight is 512 g/mol. The normalized spacial score (nSPS) is 16.9. The fourth-order valence-corrected chi connectivity index (χ4v) is 4.08. The molecule has 186 valence electrons. The predicted octanol–water partition coefficient (Wildman–Crippen LogP) is 4.38. The second-order valence-electron chi connectivity index (χ2n) is 8.20. The minimum atomic E-state index is -1.15. The highest BCUT2D eigenvalue weighted by Gasteiger charge is 2.33. The third-order valence-corrected chi connectivity index (χ3v) is 5.88. The largest absolute Gasteiger partial charge is 0.465 e. The van der Waals surface area contributed by atoms with Gasteiger partial charge in [-0.2, -0.15) is 0 Å². The molecule has 0 spiro atoms. The molecule has 8 nitrogen and oxygen atoms in total. The summed E-state index contributed by atoms with van der Waals surface area (Å²) in [5.74, 6) is -1.43. The molecule has 1 aliphatic rings. The minimum absolute atomic E-state index is 0.0300. The lowest BCUT2D eigenvalue weighted by Crippen LogP contribution is -2.35. The van der Waals surface area contributed by atoms with Crippen LogP contribution in [0.2, 0.25) is 5.02 Å². The summed E-state index contributed by atoms with van der Waals surface area (Å²) in [5, 5.41) is 17.1. The van der Waals surface area contributed by atoms with Crippen LogP contribution in [0.3, 0.4) is 0 Å². The fourth-order valence-electron chi connectivity index (χ4n) is 3.90. The SMILES string of the molecule is O=C(O)NCc1cccc(C2OC(CC(=O)NCc3ccccc3F)C(=O)Nc3ccc(Cl)cc32)c1. The first-order valence-electron chi connectivity index (χ1n) is 11.1. The quantitative estimate of drug-likeness (QED) is 0.375. The Morgan fingerprint density at radius 1 is 1.03 bits per heavy atom. The van der Waals surface area contributed by atoms with E-state index in [-0.39, 0.29) is 19.5 Å². The van der Waals surface area contributed by atoms with Crippen LogP contribution in [-0.4, -0.2) is 29.1 Å². The number of anilines is 1. The van der Waals surface area contributed by atoms with Crippen LogP contribution < -0.4 is 16.0 Å². The van der Waals surface area contributed by atoms with Gasteiger partial charge in [-0.3, -0.25) is 9.59 Å². The smallest absolute Gasteiger partial charge is 0.404 e. The van der Waals surface area contributed by atoms with Crippen molar-refractivity contribution in [1.82, 2.24) is 10.6 Å². The van der Waals surface area contributed by atoms with E-state index in [1.165, 1.54) is 6.07 Å². The van der Waals surface area contributed by atoms with E-state index in [0.29, 0.717) is 33.0 Å². The number of ether oxygens (including phenoxy) is 1. The topological polar surface area (TPSA) is 117 Å². The maximum Gasteiger partial charge on any atom is 0.404 e. The number of benzene rings is 3. The first kappa shape index (κ1) is 25.2. The Balaban J connectivity index is 1.57. The zero-order valence-electron chi connectivity index (χ0n) is 19.0. The number of fused-ring (bicyclic) bond motifs is 1. The first-order valence-corrected chi connectivity index (χ1v) is 11.5. The van der Waals surface area contributed by atoms with Crippen LogP contribution in [0, 0.1) is 5.82 Å². The van der Waals surface area contributed by atoms with Crippen molar-refractivity contribution in [2.45, 2.75) is 31.7 Å². The van der Waals surface area contributed by atoms with Crippen molar-refractivity contribution in [1.29, 1.82) is 0 Å². The molecule has 10 heteroatoms. The summed E-state index contributed by atoms with van der Waals surface area (Å²) in [4.78, 5) is 36.5. The molecule has 2 unspecified atom stereocenters. The molecule has 1 aliphatic heterocycles. The first-order chi connectivity index (χ1) is 17.3. The average Bonchev–Trinajstić information content (AvgIpc) is 2.98. The monoisotopic (exact) mass is 511 g/mol. The molecular weight excluding hydrogens is 489 g/mol. The fraction of sp³-hybridized carbons (Fsp3) is 0.192. The third kappa shape index (κ3) is 6.18. The molecule has 1 heterocycles. The molecule has 2 atom stereocenters. The van der Waals surface area contributed by atoms with Gasteiger partial charge in [0.05, 0.1) is 6.42 Å². The molecule has 0 radical (unpaired) electrons. The van der Waals surface area contributed by atoms with Gasteiger partial charge in [0.25, 0.3) is 5.91 Å². The summed E-state index contributed by atoms with van der Waals surface area (Å²) in [5.41, 5.74) is 2.73. The van der Waals surface area contributed by atoms with E-state index in [1.807, 2.05) is 0 Å². The van der Waals surface area contributed by atoms with E-state index in [2.05, 4.69) is 16.0 Å². The zero-order valence-corrected chi connectivity index (χ0v) is 19.7. The van der Waals surface area contributed by atoms with Crippen molar-refractivity contribution in [2.24, 2.45) is 0 Å². The Kier molecular flexibility index (Phi) is 7.82. The van der Waals surface area contributed by atoms with Crippen LogP contribution in [-0.2, 0) is 27.4 Å². The third-order valence-electron chi connectivity index (χ3n) is 5.65. The highest BCUT2D eigenvalue weighted by Crippen LogP contribution is 2.37. The van der Waals surface area contributed by atoms with Crippen molar-refractivity contribution in [3.63, 3.8) is 0 Å². The number of nitrogens with one attached hydrogen (secondary N) is 3. The van der Waals surface area contributed by atoms with E-state index in [1.54, 1.807) is 60.7 Å². The highest BCUT2D eigenvalue weighted by atomic mass is 35.5. The van der Waals surface area contributed by atoms with Crippen LogP contribution >= 0.6 is 11.6 Å². The molecule has 0 aromatic heterocycles. The Labute approximate surface area is 211 Å². The summed E-state index contributed by atoms with van der Waals surface area (Å²) < 4.78 is 20.1. The molecule has 0 saturated heterocycles. The summed E-state index contributed by atoms with van der Waals surface area (Å²) in [6.07, 6.45) is -3.37. The molecule has 0 aliphatic carbocycles. The van der Waals surface area contributed by atoms with E-state index in [9.17, 15) is 18.8 Å². The van der Waals surface area contributed by atoms with Gasteiger partial charge in [0, 0.05) is 34.9 Å². The predicted molar refractivity (Wildman–Crippen MR) is 131 cm³/mol. The molecule has 3 aromatic rings. The molecule has 0 bridgehead atoms. The Hall–Kier alpha value is -3.95. The molecule has 0 fully saturated rings. The molecule has 4 rings (SSSR count). The van der Waals surface area contributed by atoms with Gasteiger partial charge in [0.15, 0.2) is 0 Å². The lowest BCUT2D eigenvalue weighted by atomic mass is 9.98. The standard InChI is InChI=1S/C26H23ClFN3O5/c27-18-8-9-21-19(11-18)24(16-6-3-4-15(10-16)13-30-26(34)35)36-22(25(33)31-21)12-23(32)29-14-17-5-1-2-7-20(17)28/h1-11,22,24,30H,12-14H2,(H,29,32)(H,31,33)(H,34,35). The number of amides is 3. The number of rotatable bonds is 7. The molecular formula is C26H23ClFN3O5. The van der Waals surface area contributed by atoms with E-state index in [4.69, 9.17) is 21.4 Å². The van der Waals surface area contributed by atoms with Gasteiger partial charge in [-0.25, -0.2) is 9.18 Å². The summed E-state index contributed by atoms with van der Waals surface area (Å²) in [6, 6.07) is 18.1. The van der Waals surface area contributed by atoms with Gasteiger partial charge in [-0.15, -0.1) is 0 Å². The lowest BCUT2D eigenvalue weighted by Gasteiger charge is -2.22. The van der Waals surface area contributed by atoms with Crippen molar-refractivity contribution >= 4 is 35.2 Å². The second kappa shape index (κ2) is 11.2. The maximum atomic E-state index is 13.9. The van der Waals surface area contributed by atoms with Gasteiger partial charge >= 0.3 is 6.09 Å². The number of carboxylic acid groups (broad SMARTS) is 1. The van der Waals surface area contributed by atoms with Crippen molar-refractivity contribution < 1.29 is 28.6 Å². The number of halogens is 2. The second-order valence-corrected chi connectivity index (χ2v) is 8.64. The maximum absolute atomic E-state index is 13.9. The lowest BCUT2D eigenvalue weighted by molar-refractivity contribution is -0.136. The van der Waals surface area contributed by atoms with Crippen molar-refractivity contribution in [3.05, 3.63) is 99.8 Å². The number of carbonyl (C=O) groups is 3. The zero-order chi connectivity index (χ0) is 25.7. The highest BCUT2D eigenvalue weighted by molar-refractivity contribution is 6.30. The van der Waals surface area contributed by atoms with Crippen LogP contribution in [0.4, 0.5) is 14.9 Å². The van der Waals surface area contributed by atoms with Crippen LogP contribution in [0.15, 0.2) is 66.7 Å². The number of hydrogen-bond acceptors (Lipinski definition) is 4. The van der Waals surface area contributed by atoms with Gasteiger partial charge in [0.1, 0.15) is 18.0 Å². The molecule has 0 saturated carbocycles. The Morgan fingerprint density at radius 3 is 2.61 bits per heavy atom. The Bertz CT molecular complexity index is 1300. The van der Waals surface area contributed by atoms with Gasteiger partial charge in [-0.05, 0) is 35.4 Å². The van der Waals surface area contributed by atoms with Crippen LogP contribution in [0.1, 0.15) is 34.8 Å². The van der Waals surface area contributed by atoms with Crippen molar-refractivity contribution in [3.8, 4) is 0 Å². The van der Waals surface area contributed by atoms with Crippen LogP contribution in [0.25, 0.3) is 0 Å². The van der Waals surface area contributed by atoms with Crippen molar-refractivity contribution in [2.75, 3.05) is 5.32 Å². The Morgan fingerprint density at radius 2 is 1.83 bits per heavy atom. The molecule has 36 heavy (non-hydrogen) atoms. The molecule has 3 amide bonds. The number of carbonyl (C=O) groups excluding carboxylic acids is 2. The summed E-state index contributed by atoms with van der Waals surface area (Å²) in [7, 11) is 0. The van der Waals surface area contributed by atoms with Crippen LogP contribution in [0.5, 0.6) is 0 Å². The van der Waals surface area contributed by atoms with E-state index >= 15 is 0 Å². The number of hydrogen-bond donors (Lipinski definition) is 4. The van der Waals surface area contributed by atoms with Gasteiger partial charge in [0.2, 0.25) is 5.91 Å². The van der Waals surface area contributed by atoms with Gasteiger partial charge < -0.3 is 25.8 Å². The molecule has 3 aromatic carbocycles. The van der Waals surface area contributed by atoms with Gasteiger partial charge in [-0.1, -0.05) is 54.1 Å². The van der Waals surface area contributed by atoms with E-state index < -0.39 is 35.9 Å². The molecule has 4 N–H and O–H groups in total. The summed E-state index contributed by atoms with van der Waals surface area (Å²) in [6.45, 7) is 0.0507. The summed E-state index contributed by atoms with van der Waals surface area (Å²) >= 11 is 6.23.